The van der Waals surface area contributed by atoms with Gasteiger partial charge in [0.1, 0.15) is 11.8 Å². The van der Waals surface area contributed by atoms with Crippen molar-refractivity contribution < 1.29 is 4.74 Å². The number of nitrogens with two attached hydrogens (primary N) is 2. The first-order valence-corrected chi connectivity index (χ1v) is 11.9. The van der Waals surface area contributed by atoms with Gasteiger partial charge in [-0.05, 0) is 31.0 Å². The lowest BCUT2D eigenvalue weighted by atomic mass is 9.99. The van der Waals surface area contributed by atoms with E-state index in [1.54, 1.807) is 30.4 Å². The van der Waals surface area contributed by atoms with Gasteiger partial charge in [-0.15, -0.1) is 0 Å². The van der Waals surface area contributed by atoms with Gasteiger partial charge in [-0.1, -0.05) is 6.07 Å². The molecule has 0 aromatic carbocycles. The second-order valence-corrected chi connectivity index (χ2v) is 8.75. The molecule has 0 radical (unpaired) electrons. The minimum Gasteiger partial charge on any atom is -0.481 e. The van der Waals surface area contributed by atoms with Gasteiger partial charge in [0.15, 0.2) is 5.71 Å². The predicted molar refractivity (Wildman–Crippen MR) is 143 cm³/mol. The van der Waals surface area contributed by atoms with Gasteiger partial charge in [0.25, 0.3) is 0 Å². The number of aliphatic imine (C=N–C) groups is 1. The zero-order valence-corrected chi connectivity index (χ0v) is 20.9. The molecule has 11 heteroatoms. The first-order chi connectivity index (χ1) is 18.0. The van der Waals surface area contributed by atoms with Crippen LogP contribution < -0.4 is 16.3 Å². The lowest BCUT2D eigenvalue weighted by molar-refractivity contribution is 0.202. The Bertz CT molecular complexity index is 1350. The highest BCUT2D eigenvalue weighted by Crippen LogP contribution is 2.25. The van der Waals surface area contributed by atoms with E-state index in [0.717, 1.165) is 49.2 Å². The Balaban J connectivity index is 1.55. The second-order valence-electron chi connectivity index (χ2n) is 8.75. The van der Waals surface area contributed by atoms with Crippen LogP contribution in [0.3, 0.4) is 0 Å². The van der Waals surface area contributed by atoms with Crippen LogP contribution in [0.25, 0.3) is 16.7 Å². The molecule has 1 aliphatic rings. The summed E-state index contributed by atoms with van der Waals surface area (Å²) in [5.74, 6) is 6.08. The minimum absolute atomic E-state index is 0.0115. The molecule has 37 heavy (non-hydrogen) atoms. The number of piperidine rings is 1. The summed E-state index contributed by atoms with van der Waals surface area (Å²) in [4.78, 5) is 16.0. The molecule has 0 amide bonds. The summed E-state index contributed by atoms with van der Waals surface area (Å²) in [7, 11) is 3.45. The van der Waals surface area contributed by atoms with Crippen LogP contribution in [0.4, 0.5) is 0 Å². The number of hydrogen-bond acceptors (Lipinski definition) is 10. The van der Waals surface area contributed by atoms with Crippen LogP contribution in [0.15, 0.2) is 59.3 Å². The van der Waals surface area contributed by atoms with Crippen molar-refractivity contribution in [2.45, 2.75) is 25.4 Å². The lowest BCUT2D eigenvalue weighted by Crippen LogP contribution is -2.37. The Kier molecular flexibility index (Phi) is 8.22. The molecular formula is C26H30N10O. The maximum atomic E-state index is 9.55. The number of rotatable bonds is 8. The van der Waals surface area contributed by atoms with Crippen LogP contribution >= 0.6 is 0 Å². The maximum Gasteiger partial charge on any atom is 0.212 e. The molecule has 11 nitrogen and oxygen atoms in total. The molecule has 0 bridgehead atoms. The van der Waals surface area contributed by atoms with E-state index in [-0.39, 0.29) is 11.8 Å². The minimum atomic E-state index is 0.0115. The predicted octanol–water partition coefficient (Wildman–Crippen LogP) is 2.11. The van der Waals surface area contributed by atoms with E-state index >= 15 is 0 Å². The molecule has 4 heterocycles. The fraction of sp³-hybridized carbons (Fsp3) is 0.308. The van der Waals surface area contributed by atoms with Crippen molar-refractivity contribution >= 4 is 17.5 Å². The Morgan fingerprint density at radius 2 is 2.14 bits per heavy atom. The van der Waals surface area contributed by atoms with Gasteiger partial charge in [-0.2, -0.15) is 15.5 Å². The molecule has 1 saturated heterocycles. The van der Waals surface area contributed by atoms with Crippen molar-refractivity contribution in [1.29, 1.82) is 5.26 Å². The molecule has 4 N–H and O–H groups in total. The van der Waals surface area contributed by atoms with Gasteiger partial charge in [-0.25, -0.2) is 4.98 Å². The zero-order valence-electron chi connectivity index (χ0n) is 20.9. The Hall–Kier alpha value is -4.56. The van der Waals surface area contributed by atoms with Crippen LogP contribution in [-0.4, -0.2) is 62.8 Å². The summed E-state index contributed by atoms with van der Waals surface area (Å²) in [6, 6.07) is 7.91. The van der Waals surface area contributed by atoms with Gasteiger partial charge >= 0.3 is 0 Å². The van der Waals surface area contributed by atoms with Crippen molar-refractivity contribution in [3.8, 4) is 23.1 Å². The summed E-state index contributed by atoms with van der Waals surface area (Å²) in [5, 5.41) is 17.4. The molecule has 0 saturated carbocycles. The highest BCUT2D eigenvalue weighted by molar-refractivity contribution is 6.18. The van der Waals surface area contributed by atoms with E-state index < -0.39 is 0 Å². The standard InChI is InChI=1S/C26H30N10O/c1-35-16-21(14-33-35)19-8-23(26(32-12-19)24(10-28)34-29)20(9-27)13-30-22-4-3-7-36(17-22)15-18-5-6-25(37-2)31-11-18/h5-6,8-9,11-14,16,22H,3-4,7,15,17,27,29H2,1-2H3/t22-/m1/s1. The molecule has 190 valence electrons. The fourth-order valence-electron chi connectivity index (χ4n) is 4.31. The summed E-state index contributed by atoms with van der Waals surface area (Å²) >= 11 is 0. The molecule has 0 unspecified atom stereocenters. The van der Waals surface area contributed by atoms with Crippen LogP contribution in [0.5, 0.6) is 5.88 Å². The van der Waals surface area contributed by atoms with E-state index in [0.29, 0.717) is 22.7 Å². The molecule has 1 fully saturated rings. The summed E-state index contributed by atoms with van der Waals surface area (Å²) in [6.45, 7) is 2.61. The number of allylic oxidation sites excluding steroid dienone is 1. The number of nitrogens with zero attached hydrogens (tertiary/aromatic N) is 8. The number of aryl methyl sites for hydroxylation is 1. The van der Waals surface area contributed by atoms with Crippen LogP contribution in [0.1, 0.15) is 29.7 Å². The van der Waals surface area contributed by atoms with Crippen molar-refractivity contribution in [2.24, 2.45) is 28.7 Å². The highest BCUT2D eigenvalue weighted by atomic mass is 16.5. The van der Waals surface area contributed by atoms with E-state index in [1.807, 2.05) is 43.7 Å². The van der Waals surface area contributed by atoms with Gasteiger partial charge < -0.3 is 16.3 Å². The first kappa shape index (κ1) is 25.5. The van der Waals surface area contributed by atoms with Crippen molar-refractivity contribution in [3.05, 3.63) is 66.0 Å². The van der Waals surface area contributed by atoms with Crippen LogP contribution in [-0.2, 0) is 13.6 Å². The number of likely N-dealkylation sites (tertiary alicyclic amines) is 1. The highest BCUT2D eigenvalue weighted by Gasteiger charge is 2.20. The maximum absolute atomic E-state index is 9.55. The Labute approximate surface area is 215 Å². The van der Waals surface area contributed by atoms with Gasteiger partial charge in [0.2, 0.25) is 5.88 Å². The number of nitriles is 1. The molecule has 3 aromatic heterocycles. The third-order valence-corrected chi connectivity index (χ3v) is 6.19. The quantitative estimate of drug-likeness (QED) is 0.272. The van der Waals surface area contributed by atoms with Gasteiger partial charge in [-0.3, -0.25) is 19.6 Å². The van der Waals surface area contributed by atoms with E-state index in [2.05, 4.69) is 25.1 Å². The van der Waals surface area contributed by atoms with Crippen molar-refractivity contribution in [1.82, 2.24) is 24.6 Å². The van der Waals surface area contributed by atoms with Crippen molar-refractivity contribution in [2.75, 3.05) is 20.2 Å². The van der Waals surface area contributed by atoms with Gasteiger partial charge in [0, 0.05) is 79.5 Å². The number of pyridine rings is 2. The fourth-order valence-corrected chi connectivity index (χ4v) is 4.31. The summed E-state index contributed by atoms with van der Waals surface area (Å²) in [6.07, 6.45) is 12.4. The molecule has 0 spiro atoms. The number of ether oxygens (including phenoxy) is 1. The summed E-state index contributed by atoms with van der Waals surface area (Å²) in [5.41, 5.74) is 10.5. The molecule has 1 atom stereocenters. The third-order valence-electron chi connectivity index (χ3n) is 6.19. The molecular weight excluding hydrogens is 468 g/mol. The van der Waals surface area contributed by atoms with Crippen molar-refractivity contribution in [3.63, 3.8) is 0 Å². The lowest BCUT2D eigenvalue weighted by Gasteiger charge is -2.30. The van der Waals surface area contributed by atoms with E-state index in [1.165, 1.54) is 6.20 Å². The smallest absolute Gasteiger partial charge is 0.212 e. The largest absolute Gasteiger partial charge is 0.481 e. The number of methoxy groups -OCH3 is 1. The van der Waals surface area contributed by atoms with Crippen LogP contribution in [0, 0.1) is 11.3 Å². The van der Waals surface area contributed by atoms with E-state index in [9.17, 15) is 5.26 Å². The average Bonchev–Trinajstić information content (AvgIpc) is 3.37. The molecule has 3 aromatic rings. The Morgan fingerprint density at radius 3 is 2.78 bits per heavy atom. The number of hydrogen-bond donors (Lipinski definition) is 2. The Morgan fingerprint density at radius 1 is 1.27 bits per heavy atom. The average molecular weight is 499 g/mol. The second kappa shape index (κ2) is 11.9. The third kappa shape index (κ3) is 6.17. The summed E-state index contributed by atoms with van der Waals surface area (Å²) < 4.78 is 6.86. The van der Waals surface area contributed by atoms with Gasteiger partial charge in [0.05, 0.1) is 19.3 Å². The number of aromatic nitrogens is 4. The first-order valence-electron chi connectivity index (χ1n) is 11.9. The zero-order chi connectivity index (χ0) is 26.2. The topological polar surface area (TPSA) is 157 Å². The molecule has 4 rings (SSSR count). The van der Waals surface area contributed by atoms with E-state index in [4.69, 9.17) is 21.3 Å². The molecule has 0 aliphatic carbocycles. The monoisotopic (exact) mass is 498 g/mol. The molecule has 1 aliphatic heterocycles. The SMILES string of the molecule is COc1ccc(CN2CCC[C@@H](N=CC(=CN)c3cc(-c4cnn(C)c4)cnc3C(C#N)=NN)C2)cn1. The van der Waals surface area contributed by atoms with Crippen LogP contribution in [0.2, 0.25) is 0 Å². The normalized spacial score (nSPS) is 17.2. The number of hydrazone groups is 1.